The molecule has 4 aromatic heterocycles. The highest BCUT2D eigenvalue weighted by Crippen LogP contribution is 2.27. The van der Waals surface area contributed by atoms with Crippen LogP contribution in [-0.2, 0) is 13.1 Å². The van der Waals surface area contributed by atoms with Crippen LogP contribution in [0.4, 0.5) is 16.3 Å². The fraction of sp³-hybridized carbons (Fsp3) is 0.318. The fourth-order valence-electron chi connectivity index (χ4n) is 8.19. The normalized spacial score (nSPS) is 15.1. The van der Waals surface area contributed by atoms with Crippen molar-refractivity contribution in [1.82, 2.24) is 38.3 Å². The van der Waals surface area contributed by atoms with Gasteiger partial charge < -0.3 is 9.80 Å². The van der Waals surface area contributed by atoms with E-state index in [0.29, 0.717) is 40.4 Å². The van der Waals surface area contributed by atoms with Crippen molar-refractivity contribution in [3.05, 3.63) is 137 Å². The van der Waals surface area contributed by atoms with Gasteiger partial charge in [0.15, 0.2) is 0 Å². The van der Waals surface area contributed by atoms with Crippen molar-refractivity contribution in [1.29, 1.82) is 0 Å². The van der Waals surface area contributed by atoms with Crippen molar-refractivity contribution in [3.63, 3.8) is 0 Å². The number of hydrogen-bond donors (Lipinski definition) is 0. The van der Waals surface area contributed by atoms with Crippen LogP contribution in [0.25, 0.3) is 33.4 Å². The third kappa shape index (κ3) is 8.31. The van der Waals surface area contributed by atoms with Gasteiger partial charge in [-0.15, -0.1) is 10.2 Å². The summed E-state index contributed by atoms with van der Waals surface area (Å²) in [5, 5.41) is 11.7. The molecule has 0 amide bonds. The highest BCUT2D eigenvalue weighted by molar-refractivity contribution is 9.10. The highest BCUT2D eigenvalue weighted by atomic mass is 79.9. The van der Waals surface area contributed by atoms with Gasteiger partial charge >= 0.3 is 0 Å². The lowest BCUT2D eigenvalue weighted by Crippen LogP contribution is -2.26. The minimum atomic E-state index is -0.283. The summed E-state index contributed by atoms with van der Waals surface area (Å²) < 4.78 is 22.6. The summed E-state index contributed by atoms with van der Waals surface area (Å²) in [5.74, 6) is 2.43. The molecule has 0 aliphatic carbocycles. The van der Waals surface area contributed by atoms with Gasteiger partial charge in [-0.1, -0.05) is 93.4 Å². The van der Waals surface area contributed by atoms with Gasteiger partial charge in [0.2, 0.25) is 23.5 Å². The first-order chi connectivity index (χ1) is 29.2. The third-order valence-electron chi connectivity index (χ3n) is 11.2. The van der Waals surface area contributed by atoms with Crippen LogP contribution in [0.3, 0.4) is 0 Å². The summed E-state index contributed by atoms with van der Waals surface area (Å²) in [5.41, 5.74) is 3.04. The van der Waals surface area contributed by atoms with E-state index in [1.54, 1.807) is 22.9 Å². The molecule has 0 atom stereocenters. The Kier molecular flexibility index (Phi) is 11.7. The predicted octanol–water partition coefficient (Wildman–Crippen LogP) is 9.26. The summed E-state index contributed by atoms with van der Waals surface area (Å²) >= 11 is 13.0. The molecular formula is C44H42Br2ClFN10O2. The van der Waals surface area contributed by atoms with Gasteiger partial charge in [0.1, 0.15) is 5.82 Å². The standard InChI is InChI=1S/C22H21BrClN5O.C22H21BrFN5O/c2*23-16-7-10-19-18(13-16)20(30)25-21-28(14-15-5-8-17(24)9-6-15)26-22(29(19)21)27-11-3-1-2-4-12-27/h2*5-10,13H,1-4,11-12,14H2. The Bertz CT molecular complexity index is 2750. The van der Waals surface area contributed by atoms with Gasteiger partial charge in [-0.2, -0.15) is 9.97 Å². The van der Waals surface area contributed by atoms with Crippen molar-refractivity contribution in [2.24, 2.45) is 0 Å². The van der Waals surface area contributed by atoms with E-state index in [1.165, 1.54) is 37.8 Å². The molecule has 0 unspecified atom stereocenters. The van der Waals surface area contributed by atoms with Gasteiger partial charge in [-0.05, 0) is 97.5 Å². The Morgan fingerprint density at radius 1 is 0.550 bits per heavy atom. The second-order valence-electron chi connectivity index (χ2n) is 15.4. The summed E-state index contributed by atoms with van der Waals surface area (Å²) in [7, 11) is 0. The monoisotopic (exact) mass is 954 g/mol. The van der Waals surface area contributed by atoms with Gasteiger partial charge in [0, 0.05) is 40.1 Å². The number of aromatic nitrogens is 8. The van der Waals surface area contributed by atoms with E-state index >= 15 is 0 Å². The van der Waals surface area contributed by atoms with Crippen LogP contribution in [0.2, 0.25) is 5.02 Å². The van der Waals surface area contributed by atoms with Crippen LogP contribution in [-0.4, -0.2) is 64.5 Å². The molecule has 2 aliphatic heterocycles. The summed E-state index contributed by atoms with van der Waals surface area (Å²) in [4.78, 5) is 39.0. The Morgan fingerprint density at radius 2 is 0.950 bits per heavy atom. The maximum atomic E-state index is 13.3. The van der Waals surface area contributed by atoms with E-state index in [9.17, 15) is 14.0 Å². The molecule has 60 heavy (non-hydrogen) atoms. The van der Waals surface area contributed by atoms with Gasteiger partial charge in [0.05, 0.1) is 34.9 Å². The quantitative estimate of drug-likeness (QED) is 0.162. The summed E-state index contributed by atoms with van der Waals surface area (Å²) in [6.07, 6.45) is 9.42. The fourth-order valence-corrected chi connectivity index (χ4v) is 9.04. The molecule has 0 bridgehead atoms. The first kappa shape index (κ1) is 40.3. The van der Waals surface area contributed by atoms with Crippen molar-refractivity contribution in [2.75, 3.05) is 36.0 Å². The summed E-state index contributed by atoms with van der Waals surface area (Å²) in [6.45, 7) is 4.68. The Labute approximate surface area is 366 Å². The molecule has 0 spiro atoms. The number of fused-ring (bicyclic) bond motifs is 6. The lowest BCUT2D eigenvalue weighted by Gasteiger charge is -2.20. The van der Waals surface area contributed by atoms with E-state index in [1.807, 2.05) is 68.1 Å². The van der Waals surface area contributed by atoms with Crippen LogP contribution >= 0.6 is 43.5 Å². The molecule has 2 aliphatic rings. The van der Waals surface area contributed by atoms with E-state index in [2.05, 4.69) is 51.6 Å². The highest BCUT2D eigenvalue weighted by Gasteiger charge is 2.24. The maximum absolute atomic E-state index is 13.3. The van der Waals surface area contributed by atoms with Crippen LogP contribution in [0, 0.1) is 5.82 Å². The third-order valence-corrected chi connectivity index (χ3v) is 12.5. The zero-order valence-electron chi connectivity index (χ0n) is 32.8. The zero-order valence-corrected chi connectivity index (χ0v) is 36.7. The van der Waals surface area contributed by atoms with Gasteiger partial charge in [0.25, 0.3) is 11.1 Å². The number of anilines is 2. The van der Waals surface area contributed by atoms with Gasteiger partial charge in [-0.3, -0.25) is 9.59 Å². The molecule has 10 rings (SSSR count). The lowest BCUT2D eigenvalue weighted by molar-refractivity contribution is 0.625. The number of halogens is 4. The molecule has 16 heteroatoms. The average Bonchev–Trinajstić information content (AvgIpc) is 3.48. The Morgan fingerprint density at radius 3 is 1.37 bits per heavy atom. The van der Waals surface area contributed by atoms with E-state index in [4.69, 9.17) is 21.8 Å². The Hall–Kier alpha value is -5.12. The topological polar surface area (TPSA) is 111 Å². The number of benzene rings is 4. The first-order valence-electron chi connectivity index (χ1n) is 20.4. The second-order valence-corrected chi connectivity index (χ2v) is 17.7. The zero-order chi connectivity index (χ0) is 41.3. The largest absolute Gasteiger partial charge is 0.341 e. The molecule has 0 N–H and O–H groups in total. The van der Waals surface area contributed by atoms with Crippen LogP contribution in [0.15, 0.2) is 103 Å². The van der Waals surface area contributed by atoms with Crippen molar-refractivity contribution >= 4 is 88.7 Å². The molecule has 308 valence electrons. The number of nitrogens with zero attached hydrogens (tertiary/aromatic N) is 10. The molecule has 6 heterocycles. The molecule has 0 radical (unpaired) electrons. The molecule has 4 aromatic carbocycles. The van der Waals surface area contributed by atoms with E-state index < -0.39 is 0 Å². The smallest absolute Gasteiger partial charge is 0.282 e. The first-order valence-corrected chi connectivity index (χ1v) is 22.3. The van der Waals surface area contributed by atoms with Crippen LogP contribution in [0.5, 0.6) is 0 Å². The average molecular weight is 957 g/mol. The summed E-state index contributed by atoms with van der Waals surface area (Å²) in [6, 6.07) is 25.4. The second kappa shape index (κ2) is 17.5. The number of hydrogen-bond acceptors (Lipinski definition) is 8. The number of rotatable bonds is 6. The van der Waals surface area contributed by atoms with E-state index in [-0.39, 0.29) is 16.9 Å². The lowest BCUT2D eigenvalue weighted by atomic mass is 10.2. The molecule has 8 aromatic rings. The van der Waals surface area contributed by atoms with Crippen molar-refractivity contribution in [2.45, 2.75) is 64.5 Å². The predicted molar refractivity (Wildman–Crippen MR) is 242 cm³/mol. The molecule has 0 saturated carbocycles. The molecular weight excluding hydrogens is 915 g/mol. The Balaban J connectivity index is 0.000000154. The molecule has 2 fully saturated rings. The van der Waals surface area contributed by atoms with Crippen LogP contribution < -0.4 is 20.9 Å². The minimum absolute atomic E-state index is 0.244. The molecule has 2 saturated heterocycles. The van der Waals surface area contributed by atoms with Crippen molar-refractivity contribution in [3.8, 4) is 0 Å². The van der Waals surface area contributed by atoms with Crippen molar-refractivity contribution < 1.29 is 4.39 Å². The minimum Gasteiger partial charge on any atom is -0.341 e. The van der Waals surface area contributed by atoms with Gasteiger partial charge in [-0.25, -0.2) is 22.6 Å². The van der Waals surface area contributed by atoms with Crippen LogP contribution in [0.1, 0.15) is 62.5 Å². The SMILES string of the molecule is O=c1nc2n(Cc3ccc(Cl)cc3)nc(N3CCCCCC3)n2c2ccc(Br)cc12.O=c1nc2n(Cc3ccc(F)cc3)nc(N3CCCCCC3)n2c2ccc(Br)cc12. The van der Waals surface area contributed by atoms with E-state index in [0.717, 1.165) is 94.9 Å². The maximum Gasteiger partial charge on any atom is 0.282 e. The molecule has 12 nitrogen and oxygen atoms in total.